The second-order valence-corrected chi connectivity index (χ2v) is 4.90. The first-order chi connectivity index (χ1) is 11.4. The van der Waals surface area contributed by atoms with Crippen molar-refractivity contribution in [2.24, 2.45) is 5.10 Å². The topological polar surface area (TPSA) is 46.5 Å². The second-order valence-electron chi connectivity index (χ2n) is 4.90. The molecule has 1 N–H and O–H groups in total. The van der Waals surface area contributed by atoms with Gasteiger partial charge in [0.2, 0.25) is 0 Å². The number of hydrazone groups is 1. The molecule has 1 aromatic heterocycles. The highest BCUT2D eigenvalue weighted by Gasteiger charge is 2.02. The minimum absolute atomic E-state index is 0.793. The Morgan fingerprint density at radius 2 is 1.96 bits per heavy atom. The Morgan fingerprint density at radius 3 is 2.78 bits per heavy atom. The summed E-state index contributed by atoms with van der Waals surface area (Å²) in [6.45, 7) is 0. The zero-order chi connectivity index (χ0) is 15.9. The van der Waals surface area contributed by atoms with Gasteiger partial charge in [0.05, 0.1) is 18.3 Å². The molecule has 0 atom stereocenters. The number of anilines is 1. The number of hydrogen-bond acceptors (Lipinski definition) is 4. The van der Waals surface area contributed by atoms with E-state index in [-0.39, 0.29) is 0 Å². The lowest BCUT2D eigenvalue weighted by Gasteiger charge is -2.06. The van der Waals surface area contributed by atoms with Gasteiger partial charge in [-0.25, -0.2) is 0 Å². The molecule has 2 aromatic carbocycles. The third-order valence-electron chi connectivity index (χ3n) is 3.38. The first kappa shape index (κ1) is 14.8. The number of nitrogens with one attached hydrogen (secondary N) is 1. The molecule has 0 saturated heterocycles. The fraction of sp³-hybridized carbons (Fsp3) is 0.0526. The molecule has 0 fully saturated rings. The summed E-state index contributed by atoms with van der Waals surface area (Å²) < 4.78 is 5.26. The highest BCUT2D eigenvalue weighted by Crippen LogP contribution is 2.25. The van der Waals surface area contributed by atoms with Gasteiger partial charge in [-0.05, 0) is 35.9 Å². The largest absolute Gasteiger partial charge is 0.497 e. The third-order valence-corrected chi connectivity index (χ3v) is 3.38. The van der Waals surface area contributed by atoms with E-state index in [1.807, 2.05) is 66.7 Å². The van der Waals surface area contributed by atoms with Crippen molar-refractivity contribution in [1.29, 1.82) is 0 Å². The Kier molecular flexibility index (Phi) is 4.64. The number of benzene rings is 2. The van der Waals surface area contributed by atoms with Crippen LogP contribution in [0.15, 0.2) is 72.0 Å². The molecule has 23 heavy (non-hydrogen) atoms. The van der Waals surface area contributed by atoms with Crippen molar-refractivity contribution in [3.63, 3.8) is 0 Å². The van der Waals surface area contributed by atoms with E-state index >= 15 is 0 Å². The van der Waals surface area contributed by atoms with Crippen molar-refractivity contribution in [2.45, 2.75) is 0 Å². The normalized spacial score (nSPS) is 11.3. The summed E-state index contributed by atoms with van der Waals surface area (Å²) >= 11 is 0. The first-order valence-electron chi connectivity index (χ1n) is 7.30. The quantitative estimate of drug-likeness (QED) is 0.563. The Morgan fingerprint density at radius 1 is 1.09 bits per heavy atom. The van der Waals surface area contributed by atoms with Crippen molar-refractivity contribution in [1.82, 2.24) is 4.98 Å². The van der Waals surface area contributed by atoms with Crippen LogP contribution in [-0.2, 0) is 0 Å². The van der Waals surface area contributed by atoms with E-state index in [2.05, 4.69) is 15.5 Å². The SMILES string of the molecule is COc1ccc2nccc(N/N=C/C=C/c3ccccc3)c2c1. The van der Waals surface area contributed by atoms with Crippen LogP contribution in [0.2, 0.25) is 0 Å². The van der Waals surface area contributed by atoms with E-state index in [9.17, 15) is 0 Å². The van der Waals surface area contributed by atoms with Crippen LogP contribution in [0, 0.1) is 0 Å². The molecule has 0 aliphatic rings. The fourth-order valence-corrected chi connectivity index (χ4v) is 2.22. The minimum atomic E-state index is 0.793. The molecule has 0 unspecified atom stereocenters. The molecule has 0 saturated carbocycles. The Balaban J connectivity index is 1.74. The average Bonchev–Trinajstić information content (AvgIpc) is 2.62. The molecular weight excluding hydrogens is 286 g/mol. The zero-order valence-corrected chi connectivity index (χ0v) is 12.8. The number of methoxy groups -OCH3 is 1. The summed E-state index contributed by atoms with van der Waals surface area (Å²) in [4.78, 5) is 4.34. The molecule has 0 radical (unpaired) electrons. The standard InChI is InChI=1S/C19H17N3O/c1-23-16-9-10-18-17(14-16)19(11-13-20-18)22-21-12-5-8-15-6-3-2-4-7-15/h2-14H,1H3,(H,20,22)/b8-5+,21-12+. The van der Waals surface area contributed by atoms with E-state index in [1.165, 1.54) is 0 Å². The number of ether oxygens (including phenoxy) is 1. The Labute approximate surface area is 135 Å². The average molecular weight is 303 g/mol. The summed E-state index contributed by atoms with van der Waals surface area (Å²) in [5, 5.41) is 5.20. The summed E-state index contributed by atoms with van der Waals surface area (Å²) in [6, 6.07) is 17.7. The lowest BCUT2D eigenvalue weighted by Crippen LogP contribution is -1.92. The predicted molar refractivity (Wildman–Crippen MR) is 95.9 cm³/mol. The molecule has 0 spiro atoms. The van der Waals surface area contributed by atoms with Gasteiger partial charge in [0.1, 0.15) is 5.75 Å². The number of aromatic nitrogens is 1. The van der Waals surface area contributed by atoms with Crippen molar-refractivity contribution in [3.8, 4) is 5.75 Å². The van der Waals surface area contributed by atoms with Crippen LogP contribution >= 0.6 is 0 Å². The van der Waals surface area contributed by atoms with Crippen molar-refractivity contribution >= 4 is 28.9 Å². The van der Waals surface area contributed by atoms with E-state index in [1.54, 1.807) is 19.5 Å². The minimum Gasteiger partial charge on any atom is -0.497 e. The molecule has 0 amide bonds. The van der Waals surface area contributed by atoms with Gasteiger partial charge in [-0.2, -0.15) is 5.10 Å². The number of rotatable bonds is 5. The van der Waals surface area contributed by atoms with Gasteiger partial charge in [-0.3, -0.25) is 10.4 Å². The molecule has 3 rings (SSSR count). The van der Waals surface area contributed by atoms with Gasteiger partial charge in [0.15, 0.2) is 0 Å². The molecule has 114 valence electrons. The van der Waals surface area contributed by atoms with Gasteiger partial charge in [-0.1, -0.05) is 36.4 Å². The number of allylic oxidation sites excluding steroid dienone is 1. The van der Waals surface area contributed by atoms with E-state index in [0.717, 1.165) is 27.9 Å². The number of nitrogens with zero attached hydrogens (tertiary/aromatic N) is 2. The van der Waals surface area contributed by atoms with Crippen molar-refractivity contribution < 1.29 is 4.74 Å². The van der Waals surface area contributed by atoms with Crippen LogP contribution in [0.5, 0.6) is 5.75 Å². The third kappa shape index (κ3) is 3.74. The van der Waals surface area contributed by atoms with Gasteiger partial charge in [0.25, 0.3) is 0 Å². The Bertz CT molecular complexity index is 842. The van der Waals surface area contributed by atoms with Crippen LogP contribution in [0.4, 0.5) is 5.69 Å². The molecular formula is C19H17N3O. The molecule has 4 heteroatoms. The monoisotopic (exact) mass is 303 g/mol. The second kappa shape index (κ2) is 7.22. The highest BCUT2D eigenvalue weighted by molar-refractivity contribution is 5.92. The maximum Gasteiger partial charge on any atom is 0.119 e. The smallest absolute Gasteiger partial charge is 0.119 e. The van der Waals surface area contributed by atoms with Crippen LogP contribution in [-0.4, -0.2) is 18.3 Å². The van der Waals surface area contributed by atoms with Crippen LogP contribution in [0.25, 0.3) is 17.0 Å². The number of fused-ring (bicyclic) bond motifs is 1. The molecule has 0 aliphatic carbocycles. The lowest BCUT2D eigenvalue weighted by molar-refractivity contribution is 0.415. The van der Waals surface area contributed by atoms with E-state index in [0.29, 0.717) is 0 Å². The van der Waals surface area contributed by atoms with Crippen LogP contribution in [0.3, 0.4) is 0 Å². The molecule has 4 nitrogen and oxygen atoms in total. The van der Waals surface area contributed by atoms with Crippen molar-refractivity contribution in [3.05, 3.63) is 72.4 Å². The zero-order valence-electron chi connectivity index (χ0n) is 12.8. The summed E-state index contributed by atoms with van der Waals surface area (Å²) in [6.07, 6.45) is 7.37. The van der Waals surface area contributed by atoms with E-state index < -0.39 is 0 Å². The first-order valence-corrected chi connectivity index (χ1v) is 7.30. The highest BCUT2D eigenvalue weighted by atomic mass is 16.5. The molecule has 3 aromatic rings. The van der Waals surface area contributed by atoms with E-state index in [4.69, 9.17) is 4.74 Å². The molecule has 0 aliphatic heterocycles. The van der Waals surface area contributed by atoms with Gasteiger partial charge >= 0.3 is 0 Å². The van der Waals surface area contributed by atoms with Gasteiger partial charge in [-0.15, -0.1) is 0 Å². The molecule has 1 heterocycles. The maximum atomic E-state index is 5.26. The maximum absolute atomic E-state index is 5.26. The predicted octanol–water partition coefficient (Wildman–Crippen LogP) is 4.35. The summed E-state index contributed by atoms with van der Waals surface area (Å²) in [5.41, 5.74) is 5.97. The van der Waals surface area contributed by atoms with Gasteiger partial charge < -0.3 is 4.74 Å². The summed E-state index contributed by atoms with van der Waals surface area (Å²) in [5.74, 6) is 0.793. The number of pyridine rings is 1. The van der Waals surface area contributed by atoms with Crippen LogP contribution in [0.1, 0.15) is 5.56 Å². The number of hydrogen-bond donors (Lipinski definition) is 1. The fourth-order valence-electron chi connectivity index (χ4n) is 2.22. The van der Waals surface area contributed by atoms with Crippen LogP contribution < -0.4 is 10.2 Å². The molecule has 0 bridgehead atoms. The van der Waals surface area contributed by atoms with Crippen molar-refractivity contribution in [2.75, 3.05) is 12.5 Å². The Hall–Kier alpha value is -3.14. The van der Waals surface area contributed by atoms with Gasteiger partial charge in [0, 0.05) is 17.8 Å². The summed E-state index contributed by atoms with van der Waals surface area (Å²) in [7, 11) is 1.65. The lowest BCUT2D eigenvalue weighted by atomic mass is 10.2.